The fourth-order valence-electron chi connectivity index (χ4n) is 1.38. The minimum atomic E-state index is 0.0948. The van der Waals surface area contributed by atoms with Gasteiger partial charge in [-0.05, 0) is 41.3 Å². The molecule has 1 aromatic rings. The maximum atomic E-state index is 11.3. The molecule has 0 aliphatic rings. The van der Waals surface area contributed by atoms with Crippen LogP contribution < -0.4 is 5.43 Å². The van der Waals surface area contributed by atoms with Crippen molar-refractivity contribution in [1.82, 2.24) is 10.4 Å². The second kappa shape index (κ2) is 7.04. The smallest absolute Gasteiger partial charge is 0.234 e. The van der Waals surface area contributed by atoms with Crippen molar-refractivity contribution in [3.8, 4) is 0 Å². The predicted molar refractivity (Wildman–Crippen MR) is 71.4 cm³/mol. The summed E-state index contributed by atoms with van der Waals surface area (Å²) in [7, 11) is 3.64. The van der Waals surface area contributed by atoms with E-state index in [1.807, 2.05) is 14.1 Å². The van der Waals surface area contributed by atoms with E-state index in [1.54, 1.807) is 16.3 Å². The molecular weight excluding hydrogens is 288 g/mol. The fraction of sp³-hybridized carbons (Fsp3) is 0.545. The van der Waals surface area contributed by atoms with E-state index in [2.05, 4.69) is 32.8 Å². The van der Waals surface area contributed by atoms with E-state index in [0.29, 0.717) is 6.42 Å². The highest BCUT2D eigenvalue weighted by Gasteiger charge is 2.02. The van der Waals surface area contributed by atoms with Gasteiger partial charge in [-0.1, -0.05) is 0 Å². The highest BCUT2D eigenvalue weighted by atomic mass is 79.9. The number of hydrazine groups is 1. The van der Waals surface area contributed by atoms with Crippen molar-refractivity contribution in [3.63, 3.8) is 0 Å². The molecular formula is C11H17BrN2OS. The zero-order chi connectivity index (χ0) is 12.0. The number of hydrogen-bond acceptors (Lipinski definition) is 3. The Morgan fingerprint density at radius 2 is 2.25 bits per heavy atom. The van der Waals surface area contributed by atoms with Crippen molar-refractivity contribution in [2.75, 3.05) is 14.1 Å². The molecule has 1 rings (SSSR count). The Balaban J connectivity index is 2.10. The minimum absolute atomic E-state index is 0.0948. The molecule has 1 heterocycles. The summed E-state index contributed by atoms with van der Waals surface area (Å²) < 4.78 is 1.15. The number of amides is 1. The summed E-state index contributed by atoms with van der Waals surface area (Å²) in [6.45, 7) is 0. The molecule has 0 unspecified atom stereocenters. The van der Waals surface area contributed by atoms with Crippen LogP contribution in [0.15, 0.2) is 15.9 Å². The number of halogens is 1. The van der Waals surface area contributed by atoms with Gasteiger partial charge >= 0.3 is 0 Å². The van der Waals surface area contributed by atoms with Gasteiger partial charge in [0.15, 0.2) is 0 Å². The van der Waals surface area contributed by atoms with E-state index in [9.17, 15) is 4.79 Å². The summed E-state index contributed by atoms with van der Waals surface area (Å²) in [4.78, 5) is 12.7. The molecule has 90 valence electrons. The van der Waals surface area contributed by atoms with Gasteiger partial charge in [0.25, 0.3) is 0 Å². The SMILES string of the molecule is CN(C)NC(=O)CCCCc1cc(Br)cs1. The van der Waals surface area contributed by atoms with E-state index < -0.39 is 0 Å². The Labute approximate surface area is 109 Å². The number of nitrogens with one attached hydrogen (secondary N) is 1. The van der Waals surface area contributed by atoms with Gasteiger partial charge in [-0.25, -0.2) is 5.01 Å². The lowest BCUT2D eigenvalue weighted by molar-refractivity contribution is -0.124. The average Bonchev–Trinajstić information content (AvgIpc) is 2.58. The van der Waals surface area contributed by atoms with Gasteiger partial charge in [-0.2, -0.15) is 0 Å². The molecule has 0 radical (unpaired) electrons. The largest absolute Gasteiger partial charge is 0.289 e. The van der Waals surface area contributed by atoms with E-state index in [-0.39, 0.29) is 5.91 Å². The van der Waals surface area contributed by atoms with Crippen LogP contribution >= 0.6 is 27.3 Å². The quantitative estimate of drug-likeness (QED) is 0.647. The van der Waals surface area contributed by atoms with E-state index in [4.69, 9.17) is 0 Å². The van der Waals surface area contributed by atoms with Gasteiger partial charge in [0.2, 0.25) is 5.91 Å². The van der Waals surface area contributed by atoms with Gasteiger partial charge < -0.3 is 0 Å². The molecule has 0 fully saturated rings. The van der Waals surface area contributed by atoms with Crippen LogP contribution in [0.1, 0.15) is 24.1 Å². The second-order valence-electron chi connectivity index (χ2n) is 3.87. The Kier molecular flexibility index (Phi) is 6.01. The van der Waals surface area contributed by atoms with Crippen LogP contribution in [0.3, 0.4) is 0 Å². The summed E-state index contributed by atoms with van der Waals surface area (Å²) >= 11 is 5.20. The summed E-state index contributed by atoms with van der Waals surface area (Å²) in [6, 6.07) is 2.14. The molecule has 0 bridgehead atoms. The lowest BCUT2D eigenvalue weighted by Crippen LogP contribution is -2.35. The van der Waals surface area contributed by atoms with Crippen LogP contribution in [0.4, 0.5) is 0 Å². The van der Waals surface area contributed by atoms with Crippen molar-refractivity contribution < 1.29 is 4.79 Å². The third-order valence-electron chi connectivity index (χ3n) is 2.05. The minimum Gasteiger partial charge on any atom is -0.289 e. The molecule has 0 saturated heterocycles. The zero-order valence-electron chi connectivity index (χ0n) is 9.62. The monoisotopic (exact) mass is 304 g/mol. The Morgan fingerprint density at radius 1 is 1.50 bits per heavy atom. The first-order valence-corrected chi connectivity index (χ1v) is 6.95. The predicted octanol–water partition coefficient (Wildman–Crippen LogP) is 2.82. The molecule has 0 spiro atoms. The molecule has 0 aliphatic carbocycles. The van der Waals surface area contributed by atoms with Crippen LogP contribution in [-0.4, -0.2) is 25.0 Å². The zero-order valence-corrected chi connectivity index (χ0v) is 12.0. The highest BCUT2D eigenvalue weighted by molar-refractivity contribution is 9.10. The molecule has 0 aromatic carbocycles. The van der Waals surface area contributed by atoms with Gasteiger partial charge in [-0.3, -0.25) is 10.2 Å². The van der Waals surface area contributed by atoms with Crippen molar-refractivity contribution in [2.24, 2.45) is 0 Å². The van der Waals surface area contributed by atoms with E-state index >= 15 is 0 Å². The number of aryl methyl sites for hydroxylation is 1. The average molecular weight is 305 g/mol. The van der Waals surface area contributed by atoms with Crippen molar-refractivity contribution in [2.45, 2.75) is 25.7 Å². The molecule has 0 aliphatic heterocycles. The molecule has 5 heteroatoms. The van der Waals surface area contributed by atoms with Crippen molar-refractivity contribution >= 4 is 33.2 Å². The van der Waals surface area contributed by atoms with Gasteiger partial charge in [0.05, 0.1) is 0 Å². The molecule has 3 nitrogen and oxygen atoms in total. The van der Waals surface area contributed by atoms with Gasteiger partial charge in [-0.15, -0.1) is 11.3 Å². The molecule has 1 aromatic heterocycles. The standard InChI is InChI=1S/C11H17BrN2OS/c1-14(2)13-11(15)6-4-3-5-10-7-9(12)8-16-10/h7-8H,3-6H2,1-2H3,(H,13,15). The van der Waals surface area contributed by atoms with Crippen LogP contribution in [-0.2, 0) is 11.2 Å². The summed E-state index contributed by atoms with van der Waals surface area (Å²) in [5.41, 5.74) is 2.74. The molecule has 0 saturated carbocycles. The number of thiophene rings is 1. The van der Waals surface area contributed by atoms with Crippen molar-refractivity contribution in [1.29, 1.82) is 0 Å². The lowest BCUT2D eigenvalue weighted by Gasteiger charge is -2.11. The first kappa shape index (κ1) is 13.7. The topological polar surface area (TPSA) is 32.3 Å². The summed E-state index contributed by atoms with van der Waals surface area (Å²) in [5.74, 6) is 0.0948. The Bertz CT molecular complexity index is 338. The first-order chi connectivity index (χ1) is 7.58. The number of unbranched alkanes of at least 4 members (excludes halogenated alkanes) is 1. The maximum Gasteiger partial charge on any atom is 0.234 e. The second-order valence-corrected chi connectivity index (χ2v) is 5.78. The number of hydrogen-bond donors (Lipinski definition) is 1. The lowest BCUT2D eigenvalue weighted by atomic mass is 10.1. The summed E-state index contributed by atoms with van der Waals surface area (Å²) in [6.07, 6.45) is 3.67. The number of carbonyl (C=O) groups excluding carboxylic acids is 1. The Morgan fingerprint density at radius 3 is 2.81 bits per heavy atom. The van der Waals surface area contributed by atoms with Gasteiger partial charge in [0.1, 0.15) is 0 Å². The first-order valence-electron chi connectivity index (χ1n) is 5.27. The van der Waals surface area contributed by atoms with E-state index in [1.165, 1.54) is 4.88 Å². The van der Waals surface area contributed by atoms with Crippen molar-refractivity contribution in [3.05, 3.63) is 20.8 Å². The molecule has 1 N–H and O–H groups in total. The Hall–Kier alpha value is -0.390. The van der Waals surface area contributed by atoms with Crippen LogP contribution in [0.5, 0.6) is 0 Å². The number of nitrogens with zero attached hydrogens (tertiary/aromatic N) is 1. The van der Waals surface area contributed by atoms with Crippen LogP contribution in [0.2, 0.25) is 0 Å². The number of rotatable bonds is 6. The third kappa shape index (κ3) is 5.63. The molecule has 0 atom stereocenters. The number of carbonyl (C=O) groups is 1. The van der Waals surface area contributed by atoms with Crippen LogP contribution in [0.25, 0.3) is 0 Å². The molecule has 16 heavy (non-hydrogen) atoms. The summed E-state index contributed by atoms with van der Waals surface area (Å²) in [5, 5.41) is 3.77. The maximum absolute atomic E-state index is 11.3. The normalized spacial score (nSPS) is 10.8. The molecule has 1 amide bonds. The fourth-order valence-corrected chi connectivity index (χ4v) is 2.87. The van der Waals surface area contributed by atoms with Crippen LogP contribution in [0, 0.1) is 0 Å². The van der Waals surface area contributed by atoms with E-state index in [0.717, 1.165) is 23.7 Å². The third-order valence-corrected chi connectivity index (χ3v) is 3.80. The highest BCUT2D eigenvalue weighted by Crippen LogP contribution is 2.21. The van der Waals surface area contributed by atoms with Gasteiger partial charge in [0, 0.05) is 35.2 Å².